The second-order valence-corrected chi connectivity index (χ2v) is 9.53. The van der Waals surface area contributed by atoms with Gasteiger partial charge >= 0.3 is 0 Å². The number of amides is 1. The van der Waals surface area contributed by atoms with Crippen LogP contribution in [0.15, 0.2) is 45.8 Å². The fourth-order valence-corrected chi connectivity index (χ4v) is 3.94. The molecule has 0 N–H and O–H groups in total. The first-order chi connectivity index (χ1) is 12.0. The molecule has 7 heteroatoms. The highest BCUT2D eigenvalue weighted by Gasteiger charge is 2.22. The normalized spacial score (nSPS) is 11.7. The lowest BCUT2D eigenvalue weighted by Gasteiger charge is -2.20. The average molecular weight is 439 g/mol. The molecule has 0 saturated heterocycles. The van der Waals surface area contributed by atoms with Crippen LogP contribution >= 0.6 is 15.9 Å². The summed E-state index contributed by atoms with van der Waals surface area (Å²) >= 11 is 3.36. The maximum atomic E-state index is 12.9. The van der Waals surface area contributed by atoms with Crippen LogP contribution in [0.1, 0.15) is 27.0 Å². The van der Waals surface area contributed by atoms with Crippen LogP contribution in [-0.2, 0) is 16.6 Å². The second kappa shape index (κ2) is 7.90. The molecular formula is C19H23BrN2O3S. The van der Waals surface area contributed by atoms with E-state index in [1.807, 2.05) is 26.0 Å². The molecule has 0 radical (unpaired) electrons. The van der Waals surface area contributed by atoms with Gasteiger partial charge in [-0.25, -0.2) is 12.7 Å². The molecule has 0 saturated carbocycles. The first kappa shape index (κ1) is 20.6. The smallest absolute Gasteiger partial charge is 0.255 e. The van der Waals surface area contributed by atoms with Crippen molar-refractivity contribution >= 4 is 31.9 Å². The third kappa shape index (κ3) is 4.34. The van der Waals surface area contributed by atoms with E-state index in [9.17, 15) is 13.2 Å². The molecule has 0 unspecified atom stereocenters. The number of nitrogens with zero attached hydrogens (tertiary/aromatic N) is 2. The Kier molecular flexibility index (Phi) is 6.26. The molecule has 26 heavy (non-hydrogen) atoms. The van der Waals surface area contributed by atoms with Crippen molar-refractivity contribution in [2.75, 3.05) is 21.1 Å². The van der Waals surface area contributed by atoms with E-state index in [-0.39, 0.29) is 10.8 Å². The lowest BCUT2D eigenvalue weighted by molar-refractivity contribution is 0.0783. The van der Waals surface area contributed by atoms with E-state index < -0.39 is 10.0 Å². The molecule has 0 spiro atoms. The third-order valence-corrected chi connectivity index (χ3v) is 6.70. The Morgan fingerprint density at radius 1 is 1.04 bits per heavy atom. The zero-order valence-electron chi connectivity index (χ0n) is 15.6. The SMILES string of the molecule is Cc1ccc(CN(C)C(=O)c2cc(S(=O)(=O)N(C)C)ccc2Br)c(C)c1. The number of carbonyl (C=O) groups is 1. The van der Waals surface area contributed by atoms with Crippen molar-refractivity contribution in [3.8, 4) is 0 Å². The molecule has 0 bridgehead atoms. The molecule has 0 aliphatic carbocycles. The molecule has 0 heterocycles. The van der Waals surface area contributed by atoms with E-state index in [0.29, 0.717) is 16.6 Å². The van der Waals surface area contributed by atoms with Crippen molar-refractivity contribution in [3.63, 3.8) is 0 Å². The van der Waals surface area contributed by atoms with E-state index in [2.05, 4.69) is 22.0 Å². The van der Waals surface area contributed by atoms with Gasteiger partial charge in [-0.1, -0.05) is 23.8 Å². The molecule has 0 aromatic heterocycles. The summed E-state index contributed by atoms with van der Waals surface area (Å²) in [7, 11) is 1.03. The summed E-state index contributed by atoms with van der Waals surface area (Å²) in [6.45, 7) is 4.49. The average Bonchev–Trinajstić information content (AvgIpc) is 2.56. The van der Waals surface area contributed by atoms with Crippen LogP contribution in [0, 0.1) is 13.8 Å². The molecule has 2 rings (SSSR count). The summed E-state index contributed by atoms with van der Waals surface area (Å²) in [6.07, 6.45) is 0. The Morgan fingerprint density at radius 3 is 2.27 bits per heavy atom. The van der Waals surface area contributed by atoms with Crippen molar-refractivity contribution in [2.45, 2.75) is 25.3 Å². The zero-order chi connectivity index (χ0) is 19.6. The zero-order valence-corrected chi connectivity index (χ0v) is 18.0. The Hall–Kier alpha value is -1.70. The van der Waals surface area contributed by atoms with Crippen molar-refractivity contribution in [1.29, 1.82) is 0 Å². The summed E-state index contributed by atoms with van der Waals surface area (Å²) in [4.78, 5) is 14.6. The molecule has 0 fully saturated rings. The van der Waals surface area contributed by atoms with Crippen LogP contribution in [-0.4, -0.2) is 44.7 Å². The summed E-state index contributed by atoms with van der Waals surface area (Å²) in [5.41, 5.74) is 3.66. The quantitative estimate of drug-likeness (QED) is 0.716. The molecule has 1 amide bonds. The van der Waals surface area contributed by atoms with Gasteiger partial charge in [0.25, 0.3) is 5.91 Å². The second-order valence-electron chi connectivity index (χ2n) is 6.52. The number of benzene rings is 2. The molecule has 0 aliphatic rings. The van der Waals surface area contributed by atoms with Crippen molar-refractivity contribution < 1.29 is 13.2 Å². The van der Waals surface area contributed by atoms with Crippen LogP contribution < -0.4 is 0 Å². The van der Waals surface area contributed by atoms with E-state index in [0.717, 1.165) is 15.4 Å². The first-order valence-electron chi connectivity index (χ1n) is 8.07. The molecule has 140 valence electrons. The number of hydrogen-bond acceptors (Lipinski definition) is 3. The van der Waals surface area contributed by atoms with E-state index in [4.69, 9.17) is 0 Å². The Balaban J connectivity index is 2.33. The van der Waals surface area contributed by atoms with Gasteiger partial charge in [-0.2, -0.15) is 0 Å². The van der Waals surface area contributed by atoms with Crippen molar-refractivity contribution in [1.82, 2.24) is 9.21 Å². The van der Waals surface area contributed by atoms with Gasteiger partial charge in [0.2, 0.25) is 10.0 Å². The number of halogens is 1. The number of carbonyl (C=O) groups excluding carboxylic acids is 1. The van der Waals surface area contributed by atoms with Gasteiger partial charge in [0.15, 0.2) is 0 Å². The van der Waals surface area contributed by atoms with Gasteiger partial charge < -0.3 is 4.90 Å². The maximum Gasteiger partial charge on any atom is 0.255 e. The molecular weight excluding hydrogens is 416 g/mol. The molecule has 0 atom stereocenters. The van der Waals surface area contributed by atoms with Crippen molar-refractivity contribution in [3.05, 3.63) is 63.1 Å². The van der Waals surface area contributed by atoms with Crippen LogP contribution in [0.3, 0.4) is 0 Å². The van der Waals surface area contributed by atoms with E-state index in [1.165, 1.54) is 31.8 Å². The van der Waals surface area contributed by atoms with Crippen LogP contribution in [0.25, 0.3) is 0 Å². The van der Waals surface area contributed by atoms with Crippen LogP contribution in [0.4, 0.5) is 0 Å². The van der Waals surface area contributed by atoms with Gasteiger partial charge in [0, 0.05) is 32.2 Å². The summed E-state index contributed by atoms with van der Waals surface area (Å²) < 4.78 is 26.4. The van der Waals surface area contributed by atoms with Gasteiger partial charge in [-0.05, 0) is 59.1 Å². The van der Waals surface area contributed by atoms with Gasteiger partial charge in [-0.15, -0.1) is 0 Å². The predicted octanol–water partition coefficient (Wildman–Crippen LogP) is 3.59. The summed E-state index contributed by atoms with van der Waals surface area (Å²) in [5.74, 6) is -0.243. The maximum absolute atomic E-state index is 12.9. The minimum absolute atomic E-state index is 0.0916. The Bertz CT molecular complexity index is 940. The van der Waals surface area contributed by atoms with Crippen molar-refractivity contribution in [2.24, 2.45) is 0 Å². The summed E-state index contributed by atoms with van der Waals surface area (Å²) in [5, 5.41) is 0. The van der Waals surface area contributed by atoms with Crippen LogP contribution in [0.5, 0.6) is 0 Å². The molecule has 5 nitrogen and oxygen atoms in total. The lowest BCUT2D eigenvalue weighted by atomic mass is 10.1. The highest BCUT2D eigenvalue weighted by Crippen LogP contribution is 2.24. The monoisotopic (exact) mass is 438 g/mol. The fourth-order valence-electron chi connectivity index (χ4n) is 2.60. The van der Waals surface area contributed by atoms with E-state index >= 15 is 0 Å². The minimum Gasteiger partial charge on any atom is -0.337 e. The fraction of sp³-hybridized carbons (Fsp3) is 0.316. The first-order valence-corrected chi connectivity index (χ1v) is 10.3. The number of aryl methyl sites for hydroxylation is 2. The topological polar surface area (TPSA) is 57.7 Å². The highest BCUT2D eigenvalue weighted by atomic mass is 79.9. The highest BCUT2D eigenvalue weighted by molar-refractivity contribution is 9.10. The molecule has 0 aliphatic heterocycles. The minimum atomic E-state index is -3.60. The van der Waals surface area contributed by atoms with Gasteiger partial charge in [0.05, 0.1) is 10.5 Å². The third-order valence-electron chi connectivity index (χ3n) is 4.20. The van der Waals surface area contributed by atoms with Gasteiger partial charge in [-0.3, -0.25) is 4.79 Å². The van der Waals surface area contributed by atoms with E-state index in [1.54, 1.807) is 18.0 Å². The largest absolute Gasteiger partial charge is 0.337 e. The Morgan fingerprint density at radius 2 is 1.69 bits per heavy atom. The standard InChI is InChI=1S/C19H23BrN2O3S/c1-13-6-7-15(14(2)10-13)12-22(5)19(23)17-11-16(8-9-18(17)20)26(24,25)21(3)4/h6-11H,12H2,1-5H3. The number of sulfonamides is 1. The van der Waals surface area contributed by atoms with Gasteiger partial charge in [0.1, 0.15) is 0 Å². The lowest BCUT2D eigenvalue weighted by Crippen LogP contribution is -2.28. The summed E-state index contributed by atoms with van der Waals surface area (Å²) in [6, 6.07) is 10.6. The molecule has 2 aromatic carbocycles. The van der Waals surface area contributed by atoms with Crippen LogP contribution in [0.2, 0.25) is 0 Å². The number of rotatable bonds is 5. The number of hydrogen-bond donors (Lipinski definition) is 0. The predicted molar refractivity (Wildman–Crippen MR) is 107 cm³/mol. The molecule has 2 aromatic rings. The Labute approximate surface area is 163 Å².